The van der Waals surface area contributed by atoms with Gasteiger partial charge in [-0.3, -0.25) is 0 Å². The highest BCUT2D eigenvalue weighted by atomic mass is 79.9. The van der Waals surface area contributed by atoms with Crippen LogP contribution in [-0.4, -0.2) is 19.0 Å². The van der Waals surface area contributed by atoms with Gasteiger partial charge in [0.15, 0.2) is 5.70 Å². The van der Waals surface area contributed by atoms with Crippen LogP contribution in [0.2, 0.25) is 0 Å². The molecule has 150 valence electrons. The molecule has 0 fully saturated rings. The molecule has 5 nitrogen and oxygen atoms in total. The molecule has 30 heavy (non-hydrogen) atoms. The molecule has 0 N–H and O–H groups in total. The lowest BCUT2D eigenvalue weighted by Gasteiger charge is -2.06. The number of halogens is 1. The van der Waals surface area contributed by atoms with E-state index in [9.17, 15) is 4.79 Å². The lowest BCUT2D eigenvalue weighted by atomic mass is 10.2. The second-order valence-corrected chi connectivity index (χ2v) is 7.47. The summed E-state index contributed by atoms with van der Waals surface area (Å²) in [6.07, 6.45) is 1.69. The minimum Gasteiger partial charge on any atom is -0.497 e. The zero-order valence-corrected chi connectivity index (χ0v) is 17.8. The summed E-state index contributed by atoms with van der Waals surface area (Å²) in [5.41, 5.74) is 2.84. The fourth-order valence-corrected chi connectivity index (χ4v) is 3.12. The Morgan fingerprint density at radius 3 is 2.50 bits per heavy atom. The second kappa shape index (κ2) is 8.97. The summed E-state index contributed by atoms with van der Waals surface area (Å²) in [5, 5.41) is 0. The van der Waals surface area contributed by atoms with Gasteiger partial charge in [-0.05, 0) is 59.7 Å². The average molecular weight is 464 g/mol. The molecule has 6 heteroatoms. The lowest BCUT2D eigenvalue weighted by Crippen LogP contribution is -2.05. The molecular formula is C24H18BrNO4. The van der Waals surface area contributed by atoms with Gasteiger partial charge in [-0.15, -0.1) is 0 Å². The topological polar surface area (TPSA) is 57.1 Å². The van der Waals surface area contributed by atoms with Crippen molar-refractivity contribution in [3.63, 3.8) is 0 Å². The van der Waals surface area contributed by atoms with Crippen LogP contribution in [0.4, 0.5) is 0 Å². The number of benzene rings is 3. The zero-order valence-electron chi connectivity index (χ0n) is 16.2. The van der Waals surface area contributed by atoms with Gasteiger partial charge in [-0.2, -0.15) is 0 Å². The average Bonchev–Trinajstić information content (AvgIpc) is 3.14. The Kier molecular flexibility index (Phi) is 5.95. The van der Waals surface area contributed by atoms with Gasteiger partial charge in [0.2, 0.25) is 5.90 Å². The van der Waals surface area contributed by atoms with Crippen LogP contribution in [0.1, 0.15) is 16.7 Å². The van der Waals surface area contributed by atoms with Crippen LogP contribution in [0.5, 0.6) is 11.5 Å². The Balaban J connectivity index is 1.45. The smallest absolute Gasteiger partial charge is 0.363 e. The van der Waals surface area contributed by atoms with Crippen molar-refractivity contribution in [2.24, 2.45) is 4.99 Å². The quantitative estimate of drug-likeness (QED) is 0.363. The van der Waals surface area contributed by atoms with E-state index in [1.165, 1.54) is 0 Å². The van der Waals surface area contributed by atoms with Crippen LogP contribution in [0.25, 0.3) is 6.08 Å². The largest absolute Gasteiger partial charge is 0.497 e. The Labute approximate surface area is 182 Å². The summed E-state index contributed by atoms with van der Waals surface area (Å²) in [6, 6.07) is 22.7. The first-order valence-corrected chi connectivity index (χ1v) is 10.0. The molecule has 4 rings (SSSR count). The van der Waals surface area contributed by atoms with E-state index in [1.807, 2.05) is 66.7 Å². The van der Waals surface area contributed by atoms with Crippen molar-refractivity contribution in [2.45, 2.75) is 6.61 Å². The van der Waals surface area contributed by atoms with Gasteiger partial charge in [0.1, 0.15) is 18.1 Å². The molecular weight excluding hydrogens is 446 g/mol. The van der Waals surface area contributed by atoms with E-state index in [4.69, 9.17) is 14.2 Å². The Morgan fingerprint density at radius 1 is 1.00 bits per heavy atom. The number of hydrogen-bond acceptors (Lipinski definition) is 5. The van der Waals surface area contributed by atoms with E-state index in [2.05, 4.69) is 20.9 Å². The maximum absolute atomic E-state index is 12.2. The van der Waals surface area contributed by atoms with Gasteiger partial charge in [-0.1, -0.05) is 46.3 Å². The minimum atomic E-state index is -0.483. The standard InChI is InChI=1S/C24H18BrNO4/c1-28-21-4-2-3-18(14-21)23-26-22(24(27)30-23)13-16-7-11-20(12-8-16)29-15-17-5-9-19(25)10-6-17/h2-14H,15H2,1H3. The summed E-state index contributed by atoms with van der Waals surface area (Å²) in [4.78, 5) is 16.5. The predicted octanol–water partition coefficient (Wildman–Crippen LogP) is 5.38. The highest BCUT2D eigenvalue weighted by Gasteiger charge is 2.24. The normalized spacial score (nSPS) is 14.4. The number of cyclic esters (lactones) is 1. The van der Waals surface area contributed by atoms with E-state index in [0.717, 1.165) is 21.3 Å². The number of nitrogens with zero attached hydrogens (tertiary/aromatic N) is 1. The molecule has 0 amide bonds. The summed E-state index contributed by atoms with van der Waals surface area (Å²) in [7, 11) is 1.58. The number of aliphatic imine (C=N–C) groups is 1. The SMILES string of the molecule is COc1cccc(C2=NC(=Cc3ccc(OCc4ccc(Br)cc4)cc3)C(=O)O2)c1. The molecule has 0 saturated carbocycles. The Hall–Kier alpha value is -3.38. The minimum absolute atomic E-state index is 0.247. The summed E-state index contributed by atoms with van der Waals surface area (Å²) in [6.45, 7) is 0.480. The zero-order chi connectivity index (χ0) is 20.9. The number of rotatable bonds is 6. The third-order valence-electron chi connectivity index (χ3n) is 4.44. The molecule has 0 radical (unpaired) electrons. The van der Waals surface area contributed by atoms with Crippen LogP contribution in [-0.2, 0) is 16.1 Å². The van der Waals surface area contributed by atoms with Crippen molar-refractivity contribution >= 4 is 33.9 Å². The van der Waals surface area contributed by atoms with Gasteiger partial charge in [0, 0.05) is 10.0 Å². The molecule has 0 aliphatic carbocycles. The number of carbonyl (C=O) groups is 1. The van der Waals surface area contributed by atoms with E-state index < -0.39 is 5.97 Å². The van der Waals surface area contributed by atoms with E-state index >= 15 is 0 Å². The van der Waals surface area contributed by atoms with Crippen LogP contribution in [0, 0.1) is 0 Å². The molecule has 1 aliphatic heterocycles. The third kappa shape index (κ3) is 4.78. The van der Waals surface area contributed by atoms with Crippen molar-refractivity contribution < 1.29 is 19.0 Å². The van der Waals surface area contributed by atoms with Gasteiger partial charge in [0.05, 0.1) is 7.11 Å². The molecule has 3 aromatic carbocycles. The number of carbonyl (C=O) groups excluding carboxylic acids is 1. The first kappa shape index (κ1) is 19.9. The van der Waals surface area contributed by atoms with Gasteiger partial charge in [-0.25, -0.2) is 9.79 Å². The monoisotopic (exact) mass is 463 g/mol. The molecule has 0 saturated heterocycles. The van der Waals surface area contributed by atoms with E-state index in [-0.39, 0.29) is 11.6 Å². The van der Waals surface area contributed by atoms with E-state index in [0.29, 0.717) is 17.9 Å². The molecule has 1 heterocycles. The van der Waals surface area contributed by atoms with Crippen LogP contribution >= 0.6 is 15.9 Å². The van der Waals surface area contributed by atoms with Gasteiger partial charge >= 0.3 is 5.97 Å². The number of esters is 1. The lowest BCUT2D eigenvalue weighted by molar-refractivity contribution is -0.129. The molecule has 3 aromatic rings. The Morgan fingerprint density at radius 2 is 1.77 bits per heavy atom. The van der Waals surface area contributed by atoms with Crippen molar-refractivity contribution in [2.75, 3.05) is 7.11 Å². The van der Waals surface area contributed by atoms with E-state index in [1.54, 1.807) is 19.3 Å². The van der Waals surface area contributed by atoms with Gasteiger partial charge in [0.25, 0.3) is 0 Å². The highest BCUT2D eigenvalue weighted by molar-refractivity contribution is 9.10. The highest BCUT2D eigenvalue weighted by Crippen LogP contribution is 2.23. The summed E-state index contributed by atoms with van der Waals surface area (Å²) in [5.74, 6) is 1.19. The summed E-state index contributed by atoms with van der Waals surface area (Å²) < 4.78 is 17.4. The Bertz CT molecular complexity index is 1120. The first-order valence-electron chi connectivity index (χ1n) is 9.25. The first-order chi connectivity index (χ1) is 14.6. The van der Waals surface area contributed by atoms with Crippen molar-refractivity contribution in [3.05, 3.63) is 99.7 Å². The number of methoxy groups -OCH3 is 1. The van der Waals surface area contributed by atoms with Crippen molar-refractivity contribution in [1.29, 1.82) is 0 Å². The van der Waals surface area contributed by atoms with Crippen molar-refractivity contribution in [3.8, 4) is 11.5 Å². The summed E-state index contributed by atoms with van der Waals surface area (Å²) >= 11 is 3.42. The molecule has 0 unspecified atom stereocenters. The van der Waals surface area contributed by atoms with Crippen molar-refractivity contribution in [1.82, 2.24) is 0 Å². The molecule has 0 atom stereocenters. The maximum Gasteiger partial charge on any atom is 0.363 e. The molecule has 0 spiro atoms. The second-order valence-electron chi connectivity index (χ2n) is 6.55. The fourth-order valence-electron chi connectivity index (χ4n) is 2.85. The van der Waals surface area contributed by atoms with Crippen LogP contribution in [0.3, 0.4) is 0 Å². The molecule has 0 bridgehead atoms. The van der Waals surface area contributed by atoms with Crippen LogP contribution < -0.4 is 9.47 Å². The van der Waals surface area contributed by atoms with Crippen LogP contribution in [0.15, 0.2) is 88.0 Å². The number of hydrogen-bond donors (Lipinski definition) is 0. The van der Waals surface area contributed by atoms with Gasteiger partial charge < -0.3 is 14.2 Å². The maximum atomic E-state index is 12.2. The fraction of sp³-hybridized carbons (Fsp3) is 0.0833. The third-order valence-corrected chi connectivity index (χ3v) is 4.97. The molecule has 1 aliphatic rings. The molecule has 0 aromatic heterocycles. The predicted molar refractivity (Wildman–Crippen MR) is 119 cm³/mol. The number of ether oxygens (including phenoxy) is 3.